The van der Waals surface area contributed by atoms with Crippen LogP contribution in [0.2, 0.25) is 0 Å². The Morgan fingerprint density at radius 1 is 1.05 bits per heavy atom. The van der Waals surface area contributed by atoms with Gasteiger partial charge in [0.15, 0.2) is 0 Å². The van der Waals surface area contributed by atoms with Gasteiger partial charge in [-0.1, -0.05) is 61.5 Å². The van der Waals surface area contributed by atoms with E-state index in [1.807, 2.05) is 30.3 Å². The quantitative estimate of drug-likeness (QED) is 0.860. The number of amides is 1. The van der Waals surface area contributed by atoms with Crippen LogP contribution in [0.3, 0.4) is 0 Å². The maximum Gasteiger partial charge on any atom is 0.241 e. The molecule has 3 nitrogen and oxygen atoms in total. The zero-order valence-corrected chi connectivity index (χ0v) is 13.6. The lowest BCUT2D eigenvalue weighted by Crippen LogP contribution is -2.35. The molecular formula is C18H23ClN2O. The lowest BCUT2D eigenvalue weighted by molar-refractivity contribution is -0.122. The van der Waals surface area contributed by atoms with Crippen molar-refractivity contribution in [1.82, 2.24) is 5.32 Å². The molecule has 3 N–H and O–H groups in total. The Morgan fingerprint density at radius 2 is 1.64 bits per heavy atom. The van der Waals surface area contributed by atoms with Crippen LogP contribution in [0.5, 0.6) is 0 Å². The van der Waals surface area contributed by atoms with Crippen LogP contribution in [-0.2, 0) is 17.6 Å². The Labute approximate surface area is 138 Å². The zero-order valence-electron chi connectivity index (χ0n) is 12.8. The summed E-state index contributed by atoms with van der Waals surface area (Å²) >= 11 is 0. The maximum atomic E-state index is 12.0. The fraction of sp³-hybridized carbons (Fsp3) is 0.278. The van der Waals surface area contributed by atoms with Gasteiger partial charge in [0.2, 0.25) is 5.91 Å². The number of aryl methyl sites for hydroxylation is 1. The van der Waals surface area contributed by atoms with Gasteiger partial charge in [0.25, 0.3) is 0 Å². The fourth-order valence-electron chi connectivity index (χ4n) is 2.19. The molecule has 0 saturated carbocycles. The van der Waals surface area contributed by atoms with Crippen molar-refractivity contribution in [2.24, 2.45) is 5.73 Å². The van der Waals surface area contributed by atoms with E-state index >= 15 is 0 Å². The van der Waals surface area contributed by atoms with Gasteiger partial charge < -0.3 is 11.1 Å². The molecular weight excluding hydrogens is 296 g/mol. The highest BCUT2D eigenvalue weighted by Crippen LogP contribution is 2.09. The molecule has 2 rings (SSSR count). The number of carbonyl (C=O) groups is 1. The third kappa shape index (κ3) is 5.17. The van der Waals surface area contributed by atoms with Crippen molar-refractivity contribution in [3.63, 3.8) is 0 Å². The normalized spacial score (nSPS) is 11.4. The van der Waals surface area contributed by atoms with Crippen LogP contribution in [0.15, 0.2) is 54.6 Å². The Bertz CT molecular complexity index is 569. The van der Waals surface area contributed by atoms with Crippen molar-refractivity contribution < 1.29 is 4.79 Å². The van der Waals surface area contributed by atoms with Crippen LogP contribution in [-0.4, -0.2) is 12.5 Å². The minimum atomic E-state index is -0.603. The lowest BCUT2D eigenvalue weighted by Gasteiger charge is -2.12. The molecule has 118 valence electrons. The average molecular weight is 319 g/mol. The molecule has 0 fully saturated rings. The van der Waals surface area contributed by atoms with Crippen molar-refractivity contribution in [2.75, 3.05) is 6.54 Å². The van der Waals surface area contributed by atoms with E-state index in [1.54, 1.807) is 0 Å². The van der Waals surface area contributed by atoms with Crippen LogP contribution < -0.4 is 11.1 Å². The minimum absolute atomic E-state index is 0. The maximum absolute atomic E-state index is 12.0. The predicted octanol–water partition coefficient (Wildman–Crippen LogP) is 3.03. The predicted molar refractivity (Wildman–Crippen MR) is 93.2 cm³/mol. The van der Waals surface area contributed by atoms with Gasteiger partial charge in [0.05, 0.1) is 0 Å². The molecule has 0 aliphatic rings. The molecule has 1 atom stereocenters. The number of hydrogen-bond acceptors (Lipinski definition) is 2. The summed E-state index contributed by atoms with van der Waals surface area (Å²) in [7, 11) is 0. The standard InChI is InChI=1S/C18H22N2O.ClH/c1-2-14-8-10-15(11-9-14)12-13-20-18(21)17(19)16-6-4-3-5-7-16;/h3-11,17H,2,12-13,19H2,1H3,(H,20,21);1H. The van der Waals surface area contributed by atoms with E-state index < -0.39 is 6.04 Å². The van der Waals surface area contributed by atoms with Gasteiger partial charge in [0.1, 0.15) is 6.04 Å². The summed E-state index contributed by atoms with van der Waals surface area (Å²) in [5.74, 6) is -0.133. The van der Waals surface area contributed by atoms with Crippen molar-refractivity contribution in [2.45, 2.75) is 25.8 Å². The van der Waals surface area contributed by atoms with Gasteiger partial charge >= 0.3 is 0 Å². The van der Waals surface area contributed by atoms with Gasteiger partial charge in [-0.05, 0) is 29.5 Å². The summed E-state index contributed by atoms with van der Waals surface area (Å²) in [4.78, 5) is 12.0. The van der Waals surface area contributed by atoms with E-state index in [-0.39, 0.29) is 18.3 Å². The summed E-state index contributed by atoms with van der Waals surface area (Å²) in [5, 5.41) is 2.89. The SMILES string of the molecule is CCc1ccc(CCNC(=O)C(N)c2ccccc2)cc1.Cl. The van der Waals surface area contributed by atoms with E-state index in [4.69, 9.17) is 5.73 Å². The molecule has 1 unspecified atom stereocenters. The molecule has 0 aliphatic heterocycles. The van der Waals surface area contributed by atoms with Gasteiger partial charge in [-0.15, -0.1) is 12.4 Å². The Hall–Kier alpha value is -1.84. The molecule has 0 heterocycles. The molecule has 1 amide bonds. The second kappa shape index (κ2) is 9.23. The summed E-state index contributed by atoms with van der Waals surface area (Å²) in [6, 6.07) is 17.3. The monoisotopic (exact) mass is 318 g/mol. The Morgan fingerprint density at radius 3 is 2.23 bits per heavy atom. The molecule has 0 radical (unpaired) electrons. The van der Waals surface area contributed by atoms with Gasteiger partial charge in [-0.2, -0.15) is 0 Å². The smallest absolute Gasteiger partial charge is 0.241 e. The highest BCUT2D eigenvalue weighted by molar-refractivity contribution is 5.85. The first-order chi connectivity index (χ1) is 10.2. The third-order valence-electron chi connectivity index (χ3n) is 3.59. The summed E-state index contributed by atoms with van der Waals surface area (Å²) in [5.41, 5.74) is 9.33. The number of halogens is 1. The zero-order chi connectivity index (χ0) is 15.1. The van der Waals surface area contributed by atoms with Gasteiger partial charge in [0, 0.05) is 6.54 Å². The second-order valence-electron chi connectivity index (χ2n) is 5.10. The summed E-state index contributed by atoms with van der Waals surface area (Å²) < 4.78 is 0. The van der Waals surface area contributed by atoms with E-state index in [2.05, 4.69) is 36.5 Å². The molecule has 0 bridgehead atoms. The van der Waals surface area contributed by atoms with Crippen molar-refractivity contribution in [3.05, 3.63) is 71.3 Å². The summed E-state index contributed by atoms with van der Waals surface area (Å²) in [6.07, 6.45) is 1.86. The minimum Gasteiger partial charge on any atom is -0.354 e. The van der Waals surface area contributed by atoms with E-state index in [9.17, 15) is 4.79 Å². The van der Waals surface area contributed by atoms with Crippen molar-refractivity contribution in [1.29, 1.82) is 0 Å². The first-order valence-corrected chi connectivity index (χ1v) is 7.36. The van der Waals surface area contributed by atoms with Crippen LogP contribution in [0.4, 0.5) is 0 Å². The van der Waals surface area contributed by atoms with Gasteiger partial charge in [-0.25, -0.2) is 0 Å². The van der Waals surface area contributed by atoms with Crippen LogP contribution in [0, 0.1) is 0 Å². The van der Waals surface area contributed by atoms with E-state index in [0.29, 0.717) is 6.54 Å². The molecule has 0 aliphatic carbocycles. The molecule has 0 spiro atoms. The number of nitrogens with one attached hydrogen (secondary N) is 1. The van der Waals surface area contributed by atoms with E-state index in [1.165, 1.54) is 11.1 Å². The number of carbonyl (C=O) groups excluding carboxylic acids is 1. The largest absolute Gasteiger partial charge is 0.354 e. The van der Waals surface area contributed by atoms with Gasteiger partial charge in [-0.3, -0.25) is 4.79 Å². The lowest BCUT2D eigenvalue weighted by atomic mass is 10.1. The number of hydrogen-bond donors (Lipinski definition) is 2. The first kappa shape index (κ1) is 18.2. The first-order valence-electron chi connectivity index (χ1n) is 7.36. The van der Waals surface area contributed by atoms with Crippen LogP contribution in [0.1, 0.15) is 29.7 Å². The fourth-order valence-corrected chi connectivity index (χ4v) is 2.19. The van der Waals surface area contributed by atoms with Crippen molar-refractivity contribution >= 4 is 18.3 Å². The molecule has 0 aromatic heterocycles. The third-order valence-corrected chi connectivity index (χ3v) is 3.59. The molecule has 2 aromatic rings. The molecule has 4 heteroatoms. The Kier molecular flexibility index (Phi) is 7.64. The Balaban J connectivity index is 0.00000242. The molecule has 2 aromatic carbocycles. The second-order valence-corrected chi connectivity index (χ2v) is 5.10. The van der Waals surface area contributed by atoms with Crippen molar-refractivity contribution in [3.8, 4) is 0 Å². The number of nitrogens with two attached hydrogens (primary N) is 1. The van der Waals surface area contributed by atoms with E-state index in [0.717, 1.165) is 18.4 Å². The highest BCUT2D eigenvalue weighted by Gasteiger charge is 2.14. The van der Waals surface area contributed by atoms with Crippen LogP contribution in [0.25, 0.3) is 0 Å². The highest BCUT2D eigenvalue weighted by atomic mass is 35.5. The molecule has 0 saturated heterocycles. The number of rotatable bonds is 6. The number of benzene rings is 2. The van der Waals surface area contributed by atoms with Crippen LogP contribution >= 0.6 is 12.4 Å². The molecule has 22 heavy (non-hydrogen) atoms. The topological polar surface area (TPSA) is 55.1 Å². The summed E-state index contributed by atoms with van der Waals surface area (Å²) in [6.45, 7) is 2.74. The average Bonchev–Trinajstić information content (AvgIpc) is 2.55.